The molecule has 0 bridgehead atoms. The molecule has 0 aliphatic rings. The van der Waals surface area contributed by atoms with Crippen molar-refractivity contribution in [1.29, 1.82) is 0 Å². The van der Waals surface area contributed by atoms with Crippen LogP contribution in [0.4, 0.5) is 4.79 Å². The number of rotatable bonds is 8. The number of hydrogen-bond donors (Lipinski definition) is 2. The topological polar surface area (TPSA) is 76.7 Å². The van der Waals surface area contributed by atoms with Crippen LogP contribution >= 0.6 is 11.6 Å². The monoisotopic (exact) mass is 300 g/mol. The highest BCUT2D eigenvalue weighted by Gasteiger charge is 2.03. The van der Waals surface area contributed by atoms with E-state index in [2.05, 4.69) is 15.4 Å². The van der Waals surface area contributed by atoms with Crippen molar-refractivity contribution in [3.05, 3.63) is 30.3 Å². The second-order valence-electron chi connectivity index (χ2n) is 3.70. The molecule has 2 amide bonds. The molecule has 0 fully saturated rings. The first-order chi connectivity index (χ1) is 9.72. The summed E-state index contributed by atoms with van der Waals surface area (Å²) in [6.45, 7) is 0.663. The fraction of sp³-hybridized carbons (Fsp3) is 0.385. The average molecular weight is 301 g/mol. The summed E-state index contributed by atoms with van der Waals surface area (Å²) in [6.07, 6.45) is -0.555. The molecule has 7 heteroatoms. The molecule has 0 atom stereocenters. The molecule has 1 aromatic rings. The van der Waals surface area contributed by atoms with E-state index in [1.165, 1.54) is 0 Å². The number of ether oxygens (including phenoxy) is 2. The maximum absolute atomic E-state index is 11.4. The van der Waals surface area contributed by atoms with Gasteiger partial charge in [-0.15, -0.1) is 11.6 Å². The minimum atomic E-state index is -0.555. The van der Waals surface area contributed by atoms with Gasteiger partial charge in [0, 0.05) is 13.1 Å². The van der Waals surface area contributed by atoms with E-state index < -0.39 is 6.09 Å². The predicted octanol–water partition coefficient (Wildman–Crippen LogP) is 1.15. The summed E-state index contributed by atoms with van der Waals surface area (Å²) in [5, 5.41) is 5.08. The number of carbonyl (C=O) groups excluding carboxylic acids is 2. The minimum Gasteiger partial charge on any atom is -0.484 e. The number of hydrogen-bond acceptors (Lipinski definition) is 4. The zero-order valence-electron chi connectivity index (χ0n) is 10.9. The van der Waals surface area contributed by atoms with Gasteiger partial charge < -0.3 is 20.1 Å². The van der Waals surface area contributed by atoms with Crippen LogP contribution in [0.3, 0.4) is 0 Å². The molecule has 0 saturated heterocycles. The van der Waals surface area contributed by atoms with Gasteiger partial charge in [0.15, 0.2) is 6.61 Å². The van der Waals surface area contributed by atoms with Crippen molar-refractivity contribution in [2.24, 2.45) is 0 Å². The van der Waals surface area contributed by atoms with Crippen molar-refractivity contribution < 1.29 is 19.1 Å². The Morgan fingerprint density at radius 3 is 2.50 bits per heavy atom. The van der Waals surface area contributed by atoms with Gasteiger partial charge in [-0.05, 0) is 12.1 Å². The molecule has 0 aromatic heterocycles. The van der Waals surface area contributed by atoms with E-state index in [9.17, 15) is 9.59 Å². The molecule has 110 valence electrons. The molecule has 0 radical (unpaired) electrons. The Labute approximate surface area is 122 Å². The summed E-state index contributed by atoms with van der Waals surface area (Å²) in [5.41, 5.74) is 0. The van der Waals surface area contributed by atoms with Gasteiger partial charge in [-0.1, -0.05) is 18.2 Å². The Bertz CT molecular complexity index is 414. The Kier molecular flexibility index (Phi) is 7.98. The molecule has 0 saturated carbocycles. The smallest absolute Gasteiger partial charge is 0.407 e. The number of amides is 2. The molecular weight excluding hydrogens is 284 g/mol. The molecule has 2 N–H and O–H groups in total. The minimum absolute atomic E-state index is 0.0687. The van der Waals surface area contributed by atoms with Crippen LogP contribution in [0.25, 0.3) is 0 Å². The zero-order chi connectivity index (χ0) is 14.6. The maximum Gasteiger partial charge on any atom is 0.407 e. The SMILES string of the molecule is O=C(COc1ccccc1)NCCNC(=O)OCCCl. The van der Waals surface area contributed by atoms with E-state index in [1.807, 2.05) is 18.2 Å². The fourth-order valence-electron chi connectivity index (χ4n) is 1.27. The molecule has 0 heterocycles. The number of nitrogens with one attached hydrogen (secondary N) is 2. The zero-order valence-corrected chi connectivity index (χ0v) is 11.7. The van der Waals surface area contributed by atoms with E-state index >= 15 is 0 Å². The Morgan fingerprint density at radius 1 is 1.10 bits per heavy atom. The third kappa shape index (κ3) is 7.48. The van der Waals surface area contributed by atoms with Gasteiger partial charge in [0.2, 0.25) is 0 Å². The maximum atomic E-state index is 11.4. The molecule has 0 aliphatic carbocycles. The highest BCUT2D eigenvalue weighted by molar-refractivity contribution is 6.18. The normalized spacial score (nSPS) is 9.65. The van der Waals surface area contributed by atoms with E-state index in [4.69, 9.17) is 16.3 Å². The van der Waals surface area contributed by atoms with Crippen LogP contribution in [0.15, 0.2) is 30.3 Å². The average Bonchev–Trinajstić information content (AvgIpc) is 2.48. The van der Waals surface area contributed by atoms with Crippen LogP contribution in [-0.2, 0) is 9.53 Å². The molecule has 6 nitrogen and oxygen atoms in total. The van der Waals surface area contributed by atoms with E-state index in [0.717, 1.165) is 0 Å². The molecule has 0 spiro atoms. The lowest BCUT2D eigenvalue weighted by Gasteiger charge is -2.08. The second kappa shape index (κ2) is 9.91. The van der Waals surface area contributed by atoms with E-state index in [1.54, 1.807) is 12.1 Å². The third-order valence-corrected chi connectivity index (χ3v) is 2.29. The summed E-state index contributed by atoms with van der Waals surface area (Å²) >= 11 is 5.36. The molecule has 20 heavy (non-hydrogen) atoms. The summed E-state index contributed by atoms with van der Waals surface area (Å²) in [7, 11) is 0. The third-order valence-electron chi connectivity index (χ3n) is 2.14. The number of alkyl carbamates (subject to hydrolysis) is 1. The van der Waals surface area contributed by atoms with E-state index in [-0.39, 0.29) is 31.5 Å². The van der Waals surface area contributed by atoms with Crippen molar-refractivity contribution in [1.82, 2.24) is 10.6 Å². The number of halogens is 1. The lowest BCUT2D eigenvalue weighted by molar-refractivity contribution is -0.123. The molecule has 1 aromatic carbocycles. The number of benzene rings is 1. The summed E-state index contributed by atoms with van der Waals surface area (Å²) in [4.78, 5) is 22.5. The summed E-state index contributed by atoms with van der Waals surface area (Å²) in [6, 6.07) is 9.04. The van der Waals surface area contributed by atoms with Gasteiger partial charge in [0.05, 0.1) is 5.88 Å². The number of carbonyl (C=O) groups is 2. The van der Waals surface area contributed by atoms with Crippen LogP contribution < -0.4 is 15.4 Å². The van der Waals surface area contributed by atoms with Gasteiger partial charge in [-0.2, -0.15) is 0 Å². The molecular formula is C13H17ClN2O4. The van der Waals surface area contributed by atoms with Crippen molar-refractivity contribution in [2.75, 3.05) is 32.2 Å². The van der Waals surface area contributed by atoms with Gasteiger partial charge in [-0.3, -0.25) is 4.79 Å². The van der Waals surface area contributed by atoms with Gasteiger partial charge in [0.1, 0.15) is 12.4 Å². The standard InChI is InChI=1S/C13H17ClN2O4/c14-6-9-19-13(18)16-8-7-15-12(17)10-20-11-4-2-1-3-5-11/h1-5H,6-10H2,(H,15,17)(H,16,18). The Hall–Kier alpha value is -1.95. The second-order valence-corrected chi connectivity index (χ2v) is 4.08. The van der Waals surface area contributed by atoms with E-state index in [0.29, 0.717) is 12.3 Å². The van der Waals surface area contributed by atoms with Crippen LogP contribution in [0.1, 0.15) is 0 Å². The van der Waals surface area contributed by atoms with Crippen molar-refractivity contribution in [3.63, 3.8) is 0 Å². The lowest BCUT2D eigenvalue weighted by atomic mass is 10.3. The molecule has 1 rings (SSSR count). The van der Waals surface area contributed by atoms with Gasteiger partial charge >= 0.3 is 6.09 Å². The summed E-state index contributed by atoms with van der Waals surface area (Å²) in [5.74, 6) is 0.622. The fourth-order valence-corrected chi connectivity index (χ4v) is 1.34. The predicted molar refractivity (Wildman–Crippen MR) is 75.0 cm³/mol. The first-order valence-corrected chi connectivity index (χ1v) is 6.67. The highest BCUT2D eigenvalue weighted by Crippen LogP contribution is 2.07. The van der Waals surface area contributed by atoms with Gasteiger partial charge in [-0.25, -0.2) is 4.79 Å². The number of para-hydroxylation sites is 1. The van der Waals surface area contributed by atoms with Crippen molar-refractivity contribution in [2.45, 2.75) is 0 Å². The quantitative estimate of drug-likeness (QED) is 0.558. The van der Waals surface area contributed by atoms with Crippen LogP contribution in [0.5, 0.6) is 5.75 Å². The van der Waals surface area contributed by atoms with Crippen LogP contribution in [0.2, 0.25) is 0 Å². The van der Waals surface area contributed by atoms with Crippen LogP contribution in [0, 0.1) is 0 Å². The highest BCUT2D eigenvalue weighted by atomic mass is 35.5. The Balaban J connectivity index is 2.04. The first kappa shape index (κ1) is 16.1. The largest absolute Gasteiger partial charge is 0.484 e. The van der Waals surface area contributed by atoms with Crippen molar-refractivity contribution >= 4 is 23.6 Å². The molecule has 0 unspecified atom stereocenters. The lowest BCUT2D eigenvalue weighted by Crippen LogP contribution is -2.37. The first-order valence-electron chi connectivity index (χ1n) is 6.13. The van der Waals surface area contributed by atoms with Crippen LogP contribution in [-0.4, -0.2) is 44.2 Å². The summed E-state index contributed by atoms with van der Waals surface area (Å²) < 4.78 is 9.94. The van der Waals surface area contributed by atoms with Crippen molar-refractivity contribution in [3.8, 4) is 5.75 Å². The number of alkyl halides is 1. The Morgan fingerprint density at radius 2 is 1.80 bits per heavy atom. The molecule has 0 aliphatic heterocycles. The van der Waals surface area contributed by atoms with Gasteiger partial charge in [0.25, 0.3) is 5.91 Å².